The molecule has 0 saturated heterocycles. The Hall–Kier alpha value is -2.40. The van der Waals surface area contributed by atoms with E-state index in [1.807, 2.05) is 0 Å². The molecule has 0 saturated carbocycles. The number of hydrogen-bond acceptors (Lipinski definition) is 4. The molecule has 106 valence electrons. The van der Waals surface area contributed by atoms with E-state index < -0.39 is 0 Å². The van der Waals surface area contributed by atoms with Gasteiger partial charge in [0.25, 0.3) is 11.6 Å². The summed E-state index contributed by atoms with van der Waals surface area (Å²) in [5, 5.41) is 7.75. The third kappa shape index (κ3) is 2.48. The first-order valence-electron chi connectivity index (χ1n) is 6.36. The second-order valence-corrected chi connectivity index (χ2v) is 5.10. The van der Waals surface area contributed by atoms with Crippen LogP contribution in [0.4, 0.5) is 5.69 Å². The third-order valence-corrected chi connectivity index (χ3v) is 3.44. The van der Waals surface area contributed by atoms with Gasteiger partial charge in [-0.15, -0.1) is 0 Å². The molecule has 3 rings (SSSR count). The molecule has 5 nitrogen and oxygen atoms in total. The van der Waals surface area contributed by atoms with Crippen molar-refractivity contribution in [1.82, 2.24) is 10.1 Å². The van der Waals surface area contributed by atoms with E-state index in [2.05, 4.69) is 15.5 Å². The molecule has 3 aromatic rings. The van der Waals surface area contributed by atoms with Gasteiger partial charge in [0.1, 0.15) is 0 Å². The maximum atomic E-state index is 12.5. The molecule has 0 aliphatic carbocycles. The van der Waals surface area contributed by atoms with Crippen molar-refractivity contribution in [3.63, 3.8) is 0 Å². The smallest absolute Gasteiger partial charge is 0.258 e. The SMILES string of the molecule is Cc1cc(C(=O)Nc2ccccc2Cl)c2c(C)noc2n1. The van der Waals surface area contributed by atoms with Crippen LogP contribution in [-0.4, -0.2) is 16.0 Å². The van der Waals surface area contributed by atoms with Gasteiger partial charge in [0.15, 0.2) is 0 Å². The number of aromatic nitrogens is 2. The maximum absolute atomic E-state index is 12.5. The molecule has 0 radical (unpaired) electrons. The van der Waals surface area contributed by atoms with E-state index >= 15 is 0 Å². The fourth-order valence-electron chi connectivity index (χ4n) is 2.15. The summed E-state index contributed by atoms with van der Waals surface area (Å²) < 4.78 is 5.13. The van der Waals surface area contributed by atoms with E-state index in [4.69, 9.17) is 16.1 Å². The predicted molar refractivity (Wildman–Crippen MR) is 80.7 cm³/mol. The second kappa shape index (κ2) is 5.18. The quantitative estimate of drug-likeness (QED) is 0.783. The number of anilines is 1. The summed E-state index contributed by atoms with van der Waals surface area (Å²) in [6.07, 6.45) is 0. The number of nitrogens with zero attached hydrogens (tertiary/aromatic N) is 2. The van der Waals surface area contributed by atoms with Gasteiger partial charge in [0, 0.05) is 5.69 Å². The van der Waals surface area contributed by atoms with Gasteiger partial charge in [-0.05, 0) is 32.0 Å². The zero-order valence-electron chi connectivity index (χ0n) is 11.5. The molecule has 21 heavy (non-hydrogen) atoms. The Bertz CT molecular complexity index is 842. The second-order valence-electron chi connectivity index (χ2n) is 4.69. The van der Waals surface area contributed by atoms with E-state index in [1.54, 1.807) is 44.2 Å². The van der Waals surface area contributed by atoms with Crippen molar-refractivity contribution >= 4 is 34.3 Å². The number of rotatable bonds is 2. The molecular weight excluding hydrogens is 290 g/mol. The number of para-hydroxylation sites is 1. The molecule has 1 amide bonds. The van der Waals surface area contributed by atoms with Crippen molar-refractivity contribution in [2.45, 2.75) is 13.8 Å². The van der Waals surface area contributed by atoms with Gasteiger partial charge < -0.3 is 9.84 Å². The van der Waals surface area contributed by atoms with Crippen molar-refractivity contribution in [3.8, 4) is 0 Å². The van der Waals surface area contributed by atoms with Crippen LogP contribution in [0.2, 0.25) is 5.02 Å². The van der Waals surface area contributed by atoms with Gasteiger partial charge in [-0.3, -0.25) is 4.79 Å². The van der Waals surface area contributed by atoms with Crippen molar-refractivity contribution in [1.29, 1.82) is 0 Å². The monoisotopic (exact) mass is 301 g/mol. The first kappa shape index (κ1) is 13.6. The summed E-state index contributed by atoms with van der Waals surface area (Å²) in [6, 6.07) is 8.77. The first-order valence-corrected chi connectivity index (χ1v) is 6.73. The van der Waals surface area contributed by atoms with Gasteiger partial charge in [0.05, 0.1) is 27.4 Å². The Labute approximate surface area is 125 Å². The van der Waals surface area contributed by atoms with Gasteiger partial charge in [-0.25, -0.2) is 4.98 Å². The highest BCUT2D eigenvalue weighted by Gasteiger charge is 2.18. The number of aryl methyl sites for hydroxylation is 2. The lowest BCUT2D eigenvalue weighted by atomic mass is 10.1. The Balaban J connectivity index is 2.06. The topological polar surface area (TPSA) is 68.0 Å². The van der Waals surface area contributed by atoms with Crippen LogP contribution in [0.3, 0.4) is 0 Å². The van der Waals surface area contributed by atoms with Gasteiger partial charge in [-0.2, -0.15) is 0 Å². The molecule has 1 aromatic carbocycles. The van der Waals surface area contributed by atoms with E-state index in [9.17, 15) is 4.79 Å². The van der Waals surface area contributed by atoms with Crippen molar-refractivity contribution in [3.05, 3.63) is 52.3 Å². The van der Waals surface area contributed by atoms with E-state index in [-0.39, 0.29) is 5.91 Å². The van der Waals surface area contributed by atoms with E-state index in [0.29, 0.717) is 38.8 Å². The summed E-state index contributed by atoms with van der Waals surface area (Å²) in [4.78, 5) is 16.7. The minimum absolute atomic E-state index is 0.273. The lowest BCUT2D eigenvalue weighted by Crippen LogP contribution is -2.13. The Morgan fingerprint density at radius 3 is 2.81 bits per heavy atom. The predicted octanol–water partition coefficient (Wildman–Crippen LogP) is 3.75. The van der Waals surface area contributed by atoms with Crippen LogP contribution in [0, 0.1) is 13.8 Å². The first-order chi connectivity index (χ1) is 10.1. The summed E-state index contributed by atoms with van der Waals surface area (Å²) in [6.45, 7) is 3.57. The number of halogens is 1. The van der Waals surface area contributed by atoms with Crippen LogP contribution < -0.4 is 5.32 Å². The average Bonchev–Trinajstić information content (AvgIpc) is 2.82. The minimum Gasteiger partial charge on any atom is -0.336 e. The van der Waals surface area contributed by atoms with E-state index in [1.165, 1.54) is 0 Å². The third-order valence-electron chi connectivity index (χ3n) is 3.11. The number of carbonyl (C=O) groups is 1. The number of fused-ring (bicyclic) bond motifs is 1. The Kier molecular flexibility index (Phi) is 3.35. The van der Waals surface area contributed by atoms with Gasteiger partial charge >= 0.3 is 0 Å². The number of carbonyl (C=O) groups excluding carboxylic acids is 1. The Morgan fingerprint density at radius 2 is 2.05 bits per heavy atom. The summed E-state index contributed by atoms with van der Waals surface area (Å²) >= 11 is 6.06. The largest absolute Gasteiger partial charge is 0.336 e. The molecule has 6 heteroatoms. The average molecular weight is 302 g/mol. The highest BCUT2D eigenvalue weighted by atomic mass is 35.5. The van der Waals surface area contributed by atoms with Crippen LogP contribution in [-0.2, 0) is 0 Å². The lowest BCUT2D eigenvalue weighted by molar-refractivity contribution is 0.102. The van der Waals surface area contributed by atoms with Crippen LogP contribution >= 0.6 is 11.6 Å². The van der Waals surface area contributed by atoms with Crippen LogP contribution in [0.1, 0.15) is 21.7 Å². The number of pyridine rings is 1. The highest BCUT2D eigenvalue weighted by Crippen LogP contribution is 2.25. The zero-order valence-corrected chi connectivity index (χ0v) is 12.2. The number of amides is 1. The van der Waals surface area contributed by atoms with E-state index in [0.717, 1.165) is 0 Å². The summed E-state index contributed by atoms with van der Waals surface area (Å²) in [7, 11) is 0. The lowest BCUT2D eigenvalue weighted by Gasteiger charge is -2.08. The molecule has 0 spiro atoms. The van der Waals surface area contributed by atoms with Gasteiger partial charge in [0.2, 0.25) is 0 Å². The van der Waals surface area contributed by atoms with Crippen molar-refractivity contribution in [2.24, 2.45) is 0 Å². The van der Waals surface area contributed by atoms with Gasteiger partial charge in [-0.1, -0.05) is 28.9 Å². The maximum Gasteiger partial charge on any atom is 0.258 e. The fourth-order valence-corrected chi connectivity index (χ4v) is 2.33. The zero-order chi connectivity index (χ0) is 15.0. The number of benzene rings is 1. The molecule has 1 N–H and O–H groups in total. The van der Waals surface area contributed by atoms with Crippen LogP contribution in [0.25, 0.3) is 11.1 Å². The standard InChI is InChI=1S/C15H12ClN3O2/c1-8-7-10(13-9(2)19-21-15(13)17-8)14(20)18-12-6-4-3-5-11(12)16/h3-7H,1-2H3,(H,18,20). The van der Waals surface area contributed by atoms with Crippen LogP contribution in [0.15, 0.2) is 34.9 Å². The molecule has 2 heterocycles. The molecule has 0 atom stereocenters. The van der Waals surface area contributed by atoms with Crippen molar-refractivity contribution < 1.29 is 9.32 Å². The number of hydrogen-bond donors (Lipinski definition) is 1. The molecular formula is C15H12ClN3O2. The highest BCUT2D eigenvalue weighted by molar-refractivity contribution is 6.34. The summed E-state index contributed by atoms with van der Waals surface area (Å²) in [5.41, 5.74) is 2.69. The Morgan fingerprint density at radius 1 is 1.29 bits per heavy atom. The summed E-state index contributed by atoms with van der Waals surface area (Å²) in [5.74, 6) is -0.273. The molecule has 0 fully saturated rings. The van der Waals surface area contributed by atoms with Crippen LogP contribution in [0.5, 0.6) is 0 Å². The molecule has 0 unspecified atom stereocenters. The normalized spacial score (nSPS) is 10.8. The minimum atomic E-state index is -0.273. The molecule has 2 aromatic heterocycles. The number of nitrogens with one attached hydrogen (secondary N) is 1. The molecule has 0 bridgehead atoms. The molecule has 0 aliphatic heterocycles. The molecule has 0 aliphatic rings. The fraction of sp³-hybridized carbons (Fsp3) is 0.133. The van der Waals surface area contributed by atoms with Crippen molar-refractivity contribution in [2.75, 3.05) is 5.32 Å².